The van der Waals surface area contributed by atoms with Crippen LogP contribution in [-0.4, -0.2) is 20.4 Å². The molecule has 0 saturated heterocycles. The molecule has 3 rings (SSSR count). The van der Waals surface area contributed by atoms with Crippen LogP contribution in [-0.2, 0) is 0 Å². The van der Waals surface area contributed by atoms with Crippen LogP contribution in [0.3, 0.4) is 0 Å². The van der Waals surface area contributed by atoms with Gasteiger partial charge in [0, 0.05) is 18.1 Å². The third-order valence-corrected chi connectivity index (χ3v) is 2.98. The predicted octanol–water partition coefficient (Wildman–Crippen LogP) is 2.10. The maximum Gasteiger partial charge on any atom is 0.257 e. The van der Waals surface area contributed by atoms with Crippen LogP contribution < -0.4 is 11.1 Å². The molecule has 2 heterocycles. The molecule has 0 spiro atoms. The van der Waals surface area contributed by atoms with Gasteiger partial charge in [0.2, 0.25) is 0 Å². The first kappa shape index (κ1) is 12.9. The number of benzene rings is 1. The van der Waals surface area contributed by atoms with E-state index >= 15 is 0 Å². The van der Waals surface area contributed by atoms with Crippen molar-refractivity contribution in [1.29, 1.82) is 0 Å². The van der Waals surface area contributed by atoms with Crippen LogP contribution in [0.15, 0.2) is 61.3 Å². The van der Waals surface area contributed by atoms with Crippen LogP contribution in [0.4, 0.5) is 11.4 Å². The van der Waals surface area contributed by atoms with E-state index in [-0.39, 0.29) is 5.91 Å². The van der Waals surface area contributed by atoms with Crippen LogP contribution in [0.1, 0.15) is 10.4 Å². The second-order valence-electron chi connectivity index (χ2n) is 4.42. The maximum absolute atomic E-state index is 12.1. The van der Waals surface area contributed by atoms with Gasteiger partial charge in [0.05, 0.1) is 17.4 Å². The zero-order valence-corrected chi connectivity index (χ0v) is 11.1. The molecule has 2 aromatic heterocycles. The number of hydrogen-bond donors (Lipinski definition) is 2. The fourth-order valence-corrected chi connectivity index (χ4v) is 1.91. The number of nitrogen functional groups attached to an aromatic ring is 1. The highest BCUT2D eigenvalue weighted by molar-refractivity contribution is 6.07. The van der Waals surface area contributed by atoms with Crippen molar-refractivity contribution in [1.82, 2.24) is 14.5 Å². The molecule has 1 aromatic carbocycles. The standard InChI is InChI=1S/C15H13N5O/c16-13-4-2-1-3-12(13)15(21)19-11-5-6-14(18-9-11)20-8-7-17-10-20/h1-10H,16H2,(H,19,21). The lowest BCUT2D eigenvalue weighted by Gasteiger charge is -2.08. The summed E-state index contributed by atoms with van der Waals surface area (Å²) in [6.07, 6.45) is 6.72. The smallest absolute Gasteiger partial charge is 0.257 e. The highest BCUT2D eigenvalue weighted by atomic mass is 16.1. The topological polar surface area (TPSA) is 85.8 Å². The summed E-state index contributed by atoms with van der Waals surface area (Å²) < 4.78 is 1.78. The lowest BCUT2D eigenvalue weighted by Crippen LogP contribution is -2.14. The van der Waals surface area contributed by atoms with Gasteiger partial charge in [-0.1, -0.05) is 12.1 Å². The van der Waals surface area contributed by atoms with Crippen molar-refractivity contribution in [3.05, 3.63) is 66.9 Å². The molecule has 3 aromatic rings. The molecule has 3 N–H and O–H groups in total. The molecule has 0 aliphatic heterocycles. The van der Waals surface area contributed by atoms with E-state index in [1.165, 1.54) is 0 Å². The largest absolute Gasteiger partial charge is 0.398 e. The number of imidazole rings is 1. The minimum absolute atomic E-state index is 0.259. The van der Waals surface area contributed by atoms with Crippen LogP contribution in [0.25, 0.3) is 5.82 Å². The molecule has 6 nitrogen and oxygen atoms in total. The molecule has 1 amide bonds. The Labute approximate surface area is 121 Å². The number of nitrogens with one attached hydrogen (secondary N) is 1. The number of aromatic nitrogens is 3. The Balaban J connectivity index is 1.77. The number of carbonyl (C=O) groups excluding carboxylic acids is 1. The van der Waals surface area contributed by atoms with Gasteiger partial charge in [0.1, 0.15) is 12.1 Å². The van der Waals surface area contributed by atoms with Crippen molar-refractivity contribution in [2.45, 2.75) is 0 Å². The van der Waals surface area contributed by atoms with Crippen molar-refractivity contribution in [3.63, 3.8) is 0 Å². The quantitative estimate of drug-likeness (QED) is 0.719. The summed E-state index contributed by atoms with van der Waals surface area (Å²) in [4.78, 5) is 20.3. The van der Waals surface area contributed by atoms with E-state index in [9.17, 15) is 4.79 Å². The number of carbonyl (C=O) groups is 1. The van der Waals surface area contributed by atoms with Gasteiger partial charge in [0.25, 0.3) is 5.91 Å². The van der Waals surface area contributed by atoms with Gasteiger partial charge >= 0.3 is 0 Å². The van der Waals surface area contributed by atoms with Crippen LogP contribution >= 0.6 is 0 Å². The van der Waals surface area contributed by atoms with E-state index in [2.05, 4.69) is 15.3 Å². The van der Waals surface area contributed by atoms with Crippen LogP contribution in [0.5, 0.6) is 0 Å². The number of nitrogens with two attached hydrogens (primary N) is 1. The molecule has 0 bridgehead atoms. The molecule has 0 fully saturated rings. The maximum atomic E-state index is 12.1. The summed E-state index contributed by atoms with van der Waals surface area (Å²) in [5.74, 6) is 0.468. The molecule has 104 valence electrons. The second kappa shape index (κ2) is 5.46. The number of rotatable bonds is 3. The fourth-order valence-electron chi connectivity index (χ4n) is 1.91. The minimum Gasteiger partial charge on any atom is -0.398 e. The Bertz CT molecular complexity index is 750. The Kier molecular flexibility index (Phi) is 3.34. The van der Waals surface area contributed by atoms with Crippen molar-refractivity contribution in [2.75, 3.05) is 11.1 Å². The number of hydrogen-bond acceptors (Lipinski definition) is 4. The van der Waals surface area contributed by atoms with Gasteiger partial charge in [-0.2, -0.15) is 0 Å². The Morgan fingerprint density at radius 1 is 1.19 bits per heavy atom. The van der Waals surface area contributed by atoms with E-state index in [0.29, 0.717) is 16.9 Å². The average molecular weight is 279 g/mol. The molecular formula is C15H13N5O. The zero-order chi connectivity index (χ0) is 14.7. The van der Waals surface area contributed by atoms with Gasteiger partial charge in [-0.3, -0.25) is 9.36 Å². The van der Waals surface area contributed by atoms with Crippen LogP contribution in [0.2, 0.25) is 0 Å². The van der Waals surface area contributed by atoms with Gasteiger partial charge in [0.15, 0.2) is 0 Å². The van der Waals surface area contributed by atoms with Gasteiger partial charge in [-0.15, -0.1) is 0 Å². The molecule has 0 radical (unpaired) electrons. The Morgan fingerprint density at radius 3 is 2.71 bits per heavy atom. The van der Waals surface area contributed by atoms with Gasteiger partial charge in [-0.25, -0.2) is 9.97 Å². The molecule has 0 saturated carbocycles. The monoisotopic (exact) mass is 279 g/mol. The van der Waals surface area contributed by atoms with E-state index < -0.39 is 0 Å². The highest BCUT2D eigenvalue weighted by Gasteiger charge is 2.09. The highest BCUT2D eigenvalue weighted by Crippen LogP contribution is 2.14. The molecule has 0 aliphatic carbocycles. The number of para-hydroxylation sites is 1. The summed E-state index contributed by atoms with van der Waals surface area (Å²) in [7, 11) is 0. The van der Waals surface area contributed by atoms with E-state index in [4.69, 9.17) is 5.73 Å². The Morgan fingerprint density at radius 2 is 2.05 bits per heavy atom. The molecule has 6 heteroatoms. The third-order valence-electron chi connectivity index (χ3n) is 2.98. The van der Waals surface area contributed by atoms with E-state index in [0.717, 1.165) is 5.82 Å². The number of amides is 1. The van der Waals surface area contributed by atoms with Crippen molar-refractivity contribution in [2.24, 2.45) is 0 Å². The van der Waals surface area contributed by atoms with Crippen LogP contribution in [0, 0.1) is 0 Å². The number of anilines is 2. The SMILES string of the molecule is Nc1ccccc1C(=O)Nc1ccc(-n2ccnc2)nc1. The fraction of sp³-hybridized carbons (Fsp3) is 0. The summed E-state index contributed by atoms with van der Waals surface area (Å²) in [6.45, 7) is 0. The lowest BCUT2D eigenvalue weighted by atomic mass is 10.1. The second-order valence-corrected chi connectivity index (χ2v) is 4.42. The third kappa shape index (κ3) is 2.74. The molecule has 0 aliphatic rings. The summed E-state index contributed by atoms with van der Waals surface area (Å²) in [6, 6.07) is 10.5. The molecule has 21 heavy (non-hydrogen) atoms. The summed E-state index contributed by atoms with van der Waals surface area (Å²) >= 11 is 0. The molecule has 0 unspecified atom stereocenters. The minimum atomic E-state index is -0.259. The van der Waals surface area contributed by atoms with Gasteiger partial charge in [-0.05, 0) is 24.3 Å². The average Bonchev–Trinajstić information content (AvgIpc) is 3.02. The first-order valence-corrected chi connectivity index (χ1v) is 6.34. The van der Waals surface area contributed by atoms with Crippen molar-refractivity contribution in [3.8, 4) is 5.82 Å². The van der Waals surface area contributed by atoms with E-state index in [1.54, 1.807) is 65.9 Å². The normalized spacial score (nSPS) is 10.3. The van der Waals surface area contributed by atoms with Crippen molar-refractivity contribution >= 4 is 17.3 Å². The summed E-state index contributed by atoms with van der Waals surface area (Å²) in [5.41, 5.74) is 7.26. The first-order chi connectivity index (χ1) is 10.2. The lowest BCUT2D eigenvalue weighted by molar-refractivity contribution is 0.102. The Hall–Kier alpha value is -3.15. The number of pyridine rings is 1. The number of nitrogens with zero attached hydrogens (tertiary/aromatic N) is 3. The zero-order valence-electron chi connectivity index (χ0n) is 11.1. The van der Waals surface area contributed by atoms with E-state index in [1.807, 2.05) is 0 Å². The molecule has 0 atom stereocenters. The molecular weight excluding hydrogens is 266 g/mol. The summed E-state index contributed by atoms with van der Waals surface area (Å²) in [5, 5.41) is 2.77. The van der Waals surface area contributed by atoms with Gasteiger partial charge < -0.3 is 11.1 Å². The van der Waals surface area contributed by atoms with Crippen molar-refractivity contribution < 1.29 is 4.79 Å². The predicted molar refractivity (Wildman–Crippen MR) is 80.2 cm³/mol. The first-order valence-electron chi connectivity index (χ1n) is 6.34.